The summed E-state index contributed by atoms with van der Waals surface area (Å²) in [7, 11) is 1.24. The predicted octanol–water partition coefficient (Wildman–Crippen LogP) is 0.667. The molecular formula is C7H9NO3S. The lowest BCUT2D eigenvalue weighted by molar-refractivity contribution is 0.174. The van der Waals surface area contributed by atoms with Gasteiger partial charge in [0, 0.05) is 0 Å². The number of carbonyl (C=O) groups is 1. The molecule has 4 nitrogen and oxygen atoms in total. The molecule has 0 radical (unpaired) electrons. The van der Waals surface area contributed by atoms with E-state index in [1.165, 1.54) is 7.11 Å². The lowest BCUT2D eigenvalue weighted by Crippen LogP contribution is -2.30. The maximum Gasteiger partial charge on any atom is 0.414 e. The minimum atomic E-state index is -0.649. The molecule has 12 heavy (non-hydrogen) atoms. The SMILES string of the molecule is CC#CCOC(=S)NC(=O)OC. The largest absolute Gasteiger partial charge is 0.458 e. The van der Waals surface area contributed by atoms with Gasteiger partial charge < -0.3 is 9.47 Å². The molecule has 66 valence electrons. The second-order valence-electron chi connectivity index (χ2n) is 1.62. The number of alkyl carbamates (subject to hydrolysis) is 1. The van der Waals surface area contributed by atoms with E-state index in [0.717, 1.165) is 0 Å². The van der Waals surface area contributed by atoms with Gasteiger partial charge in [0.05, 0.1) is 7.11 Å². The zero-order valence-electron chi connectivity index (χ0n) is 6.84. The molecule has 0 rings (SSSR count). The summed E-state index contributed by atoms with van der Waals surface area (Å²) < 4.78 is 9.07. The van der Waals surface area contributed by atoms with E-state index in [1.807, 2.05) is 0 Å². The van der Waals surface area contributed by atoms with Crippen molar-refractivity contribution in [1.82, 2.24) is 5.32 Å². The fourth-order valence-electron chi connectivity index (χ4n) is 0.344. The van der Waals surface area contributed by atoms with E-state index in [-0.39, 0.29) is 11.8 Å². The summed E-state index contributed by atoms with van der Waals surface area (Å²) in [6.45, 7) is 1.85. The van der Waals surface area contributed by atoms with Gasteiger partial charge >= 0.3 is 6.09 Å². The van der Waals surface area contributed by atoms with Gasteiger partial charge in [0.25, 0.3) is 5.17 Å². The standard InChI is InChI=1S/C7H9NO3S/c1-3-4-5-11-7(12)8-6(9)10-2/h5H2,1-2H3,(H,8,9,12). The maximum absolute atomic E-state index is 10.5. The van der Waals surface area contributed by atoms with Gasteiger partial charge in [-0.2, -0.15) is 0 Å². The van der Waals surface area contributed by atoms with Crippen LogP contribution in [0.2, 0.25) is 0 Å². The van der Waals surface area contributed by atoms with Crippen molar-refractivity contribution in [1.29, 1.82) is 0 Å². The molecule has 0 saturated heterocycles. The minimum absolute atomic E-state index is 0.0374. The van der Waals surface area contributed by atoms with E-state index in [4.69, 9.17) is 4.74 Å². The molecular weight excluding hydrogens is 178 g/mol. The van der Waals surface area contributed by atoms with E-state index in [0.29, 0.717) is 0 Å². The topological polar surface area (TPSA) is 47.6 Å². The van der Waals surface area contributed by atoms with Crippen molar-refractivity contribution in [2.24, 2.45) is 0 Å². The van der Waals surface area contributed by atoms with Gasteiger partial charge in [-0.15, -0.1) is 5.92 Å². The molecule has 0 atom stereocenters. The highest BCUT2D eigenvalue weighted by Gasteiger charge is 2.02. The van der Waals surface area contributed by atoms with Crippen molar-refractivity contribution in [3.63, 3.8) is 0 Å². The zero-order valence-corrected chi connectivity index (χ0v) is 7.66. The van der Waals surface area contributed by atoms with E-state index >= 15 is 0 Å². The molecule has 0 aromatic heterocycles. The number of carbonyl (C=O) groups excluding carboxylic acids is 1. The normalized spacial score (nSPS) is 7.50. The number of amides is 1. The van der Waals surface area contributed by atoms with Crippen LogP contribution in [-0.4, -0.2) is 25.0 Å². The third-order valence-electron chi connectivity index (χ3n) is 0.842. The average molecular weight is 187 g/mol. The van der Waals surface area contributed by atoms with Crippen molar-refractivity contribution in [2.45, 2.75) is 6.92 Å². The molecule has 0 aliphatic rings. The Morgan fingerprint density at radius 2 is 2.33 bits per heavy atom. The van der Waals surface area contributed by atoms with Crippen molar-refractivity contribution in [3.8, 4) is 11.8 Å². The number of rotatable bonds is 1. The van der Waals surface area contributed by atoms with Gasteiger partial charge in [-0.05, 0) is 19.1 Å². The van der Waals surface area contributed by atoms with Crippen LogP contribution in [0.25, 0.3) is 0 Å². The maximum atomic E-state index is 10.5. The van der Waals surface area contributed by atoms with Gasteiger partial charge in [0.2, 0.25) is 0 Å². The third-order valence-corrected chi connectivity index (χ3v) is 1.06. The van der Waals surface area contributed by atoms with Crippen LogP contribution in [-0.2, 0) is 9.47 Å². The second-order valence-corrected chi connectivity index (χ2v) is 1.99. The molecule has 0 fully saturated rings. The number of methoxy groups -OCH3 is 1. The molecule has 0 aliphatic carbocycles. The molecule has 0 unspecified atom stereocenters. The predicted molar refractivity (Wildman–Crippen MR) is 47.5 cm³/mol. The number of hydrogen-bond acceptors (Lipinski definition) is 4. The molecule has 0 aromatic carbocycles. The Morgan fingerprint density at radius 3 is 2.83 bits per heavy atom. The van der Waals surface area contributed by atoms with Crippen LogP contribution in [0.1, 0.15) is 6.92 Å². The van der Waals surface area contributed by atoms with Crippen LogP contribution in [0.4, 0.5) is 4.79 Å². The van der Waals surface area contributed by atoms with E-state index in [2.05, 4.69) is 34.1 Å². The number of ether oxygens (including phenoxy) is 2. The quantitative estimate of drug-likeness (QED) is 0.484. The molecule has 0 aliphatic heterocycles. The first-order valence-corrected chi connectivity index (χ1v) is 3.53. The minimum Gasteiger partial charge on any atom is -0.458 e. The molecule has 0 aromatic rings. The monoisotopic (exact) mass is 187 g/mol. The van der Waals surface area contributed by atoms with E-state index < -0.39 is 6.09 Å². The Morgan fingerprint density at radius 1 is 1.67 bits per heavy atom. The highest BCUT2D eigenvalue weighted by Crippen LogP contribution is 1.79. The van der Waals surface area contributed by atoms with Crippen LogP contribution in [0.3, 0.4) is 0 Å². The summed E-state index contributed by atoms with van der Waals surface area (Å²) in [5.41, 5.74) is 0. The molecule has 0 saturated carbocycles. The van der Waals surface area contributed by atoms with Crippen LogP contribution in [0, 0.1) is 11.8 Å². The van der Waals surface area contributed by atoms with Crippen LogP contribution in [0.15, 0.2) is 0 Å². The van der Waals surface area contributed by atoms with Crippen molar-refractivity contribution < 1.29 is 14.3 Å². The van der Waals surface area contributed by atoms with Gasteiger partial charge in [-0.25, -0.2) is 4.79 Å². The summed E-state index contributed by atoms with van der Waals surface area (Å²) >= 11 is 4.61. The van der Waals surface area contributed by atoms with Crippen molar-refractivity contribution in [2.75, 3.05) is 13.7 Å². The van der Waals surface area contributed by atoms with Gasteiger partial charge in [-0.1, -0.05) is 5.92 Å². The first-order valence-electron chi connectivity index (χ1n) is 3.12. The van der Waals surface area contributed by atoms with E-state index in [9.17, 15) is 4.79 Å². The summed E-state index contributed by atoms with van der Waals surface area (Å²) in [5.74, 6) is 5.23. The Balaban J connectivity index is 3.57. The number of thiocarbonyl (C=S) groups is 1. The fraction of sp³-hybridized carbons (Fsp3) is 0.429. The van der Waals surface area contributed by atoms with Gasteiger partial charge in [0.1, 0.15) is 0 Å². The summed E-state index contributed by atoms with van der Waals surface area (Å²) in [6, 6.07) is 0. The highest BCUT2D eigenvalue weighted by molar-refractivity contribution is 7.80. The highest BCUT2D eigenvalue weighted by atomic mass is 32.1. The van der Waals surface area contributed by atoms with Crippen LogP contribution >= 0.6 is 12.2 Å². The Hall–Kier alpha value is -1.28. The summed E-state index contributed by atoms with van der Waals surface area (Å²) in [6.07, 6.45) is -0.649. The van der Waals surface area contributed by atoms with Gasteiger partial charge in [-0.3, -0.25) is 5.32 Å². The molecule has 0 bridgehead atoms. The molecule has 0 heterocycles. The molecule has 0 spiro atoms. The Kier molecular flexibility index (Phi) is 5.75. The first kappa shape index (κ1) is 10.7. The first-order chi connectivity index (χ1) is 5.70. The summed E-state index contributed by atoms with van der Waals surface area (Å²) in [5, 5.41) is 2.13. The van der Waals surface area contributed by atoms with Gasteiger partial charge in [0.15, 0.2) is 6.61 Å². The van der Waals surface area contributed by atoms with Crippen LogP contribution < -0.4 is 5.32 Å². The van der Waals surface area contributed by atoms with Crippen LogP contribution in [0.5, 0.6) is 0 Å². The second kappa shape index (κ2) is 6.43. The van der Waals surface area contributed by atoms with Crippen molar-refractivity contribution >= 4 is 23.5 Å². The fourth-order valence-corrected chi connectivity index (χ4v) is 0.487. The lowest BCUT2D eigenvalue weighted by Gasteiger charge is -2.03. The number of nitrogens with one attached hydrogen (secondary N) is 1. The smallest absolute Gasteiger partial charge is 0.414 e. The Bertz CT molecular complexity index is 229. The molecule has 5 heteroatoms. The zero-order chi connectivity index (χ0) is 9.40. The van der Waals surface area contributed by atoms with Crippen molar-refractivity contribution in [3.05, 3.63) is 0 Å². The third kappa shape index (κ3) is 5.50. The molecule has 1 amide bonds. The summed E-state index contributed by atoms with van der Waals surface area (Å²) in [4.78, 5) is 10.5. The lowest BCUT2D eigenvalue weighted by atomic mass is 10.6. The average Bonchev–Trinajstić information content (AvgIpc) is 2.05. The van der Waals surface area contributed by atoms with E-state index in [1.54, 1.807) is 6.92 Å². The molecule has 1 N–H and O–H groups in total. The Labute approximate surface area is 76.2 Å². The number of hydrogen-bond donors (Lipinski definition) is 1.